The predicted molar refractivity (Wildman–Crippen MR) is 76.8 cm³/mol. The van der Waals surface area contributed by atoms with E-state index in [1.165, 1.54) is 32.1 Å². The molecule has 1 saturated heterocycles. The molecule has 2 saturated carbocycles. The van der Waals surface area contributed by atoms with Crippen molar-refractivity contribution in [3.8, 4) is 0 Å². The molecule has 19 heavy (non-hydrogen) atoms. The van der Waals surface area contributed by atoms with E-state index in [2.05, 4.69) is 17.1 Å². The second-order valence-electron chi connectivity index (χ2n) is 6.76. The molecule has 0 radical (unpaired) electrons. The number of nitrogens with zero attached hydrogens (tertiary/aromatic N) is 1. The first kappa shape index (κ1) is 13.4. The molecular weight excluding hydrogens is 236 g/mol. The van der Waals surface area contributed by atoms with Crippen LogP contribution in [0.4, 0.5) is 0 Å². The van der Waals surface area contributed by atoms with Crippen LogP contribution in [-0.2, 0) is 4.79 Å². The number of fused-ring (bicyclic) bond motifs is 1. The molecule has 0 aromatic rings. The largest absolute Gasteiger partial charge is 0.342 e. The topological polar surface area (TPSA) is 32.3 Å². The molecule has 2 unspecified atom stereocenters. The zero-order valence-corrected chi connectivity index (χ0v) is 12.2. The summed E-state index contributed by atoms with van der Waals surface area (Å²) in [6.07, 6.45) is 7.57. The lowest BCUT2D eigenvalue weighted by molar-refractivity contribution is -0.134. The van der Waals surface area contributed by atoms with Crippen molar-refractivity contribution < 1.29 is 4.79 Å². The van der Waals surface area contributed by atoms with E-state index < -0.39 is 0 Å². The molecule has 2 atom stereocenters. The highest BCUT2D eigenvalue weighted by Gasteiger charge is 2.57. The molecule has 3 nitrogen and oxygen atoms in total. The van der Waals surface area contributed by atoms with Crippen LogP contribution < -0.4 is 5.32 Å². The van der Waals surface area contributed by atoms with E-state index in [1.54, 1.807) is 0 Å². The van der Waals surface area contributed by atoms with Crippen LogP contribution in [0.2, 0.25) is 0 Å². The Morgan fingerprint density at radius 3 is 2.47 bits per heavy atom. The number of carbonyl (C=O) groups is 1. The second kappa shape index (κ2) is 5.82. The van der Waals surface area contributed by atoms with Crippen molar-refractivity contribution in [2.75, 3.05) is 26.2 Å². The minimum absolute atomic E-state index is 0.419. The first-order valence-electron chi connectivity index (χ1n) is 8.30. The highest BCUT2D eigenvalue weighted by molar-refractivity contribution is 5.82. The lowest BCUT2D eigenvalue weighted by atomic mass is 9.97. The van der Waals surface area contributed by atoms with Gasteiger partial charge in [0.1, 0.15) is 0 Å². The molecule has 0 spiro atoms. The van der Waals surface area contributed by atoms with Gasteiger partial charge >= 0.3 is 0 Å². The summed E-state index contributed by atoms with van der Waals surface area (Å²) < 4.78 is 0. The van der Waals surface area contributed by atoms with Gasteiger partial charge in [-0.05, 0) is 62.9 Å². The van der Waals surface area contributed by atoms with Crippen molar-refractivity contribution in [3.05, 3.63) is 0 Å². The Kier molecular flexibility index (Phi) is 4.11. The molecule has 0 aromatic carbocycles. The van der Waals surface area contributed by atoms with Crippen molar-refractivity contribution in [1.29, 1.82) is 0 Å². The quantitative estimate of drug-likeness (QED) is 0.826. The number of hydrogen-bond donors (Lipinski definition) is 1. The summed E-state index contributed by atoms with van der Waals surface area (Å²) in [5, 5.41) is 3.41. The molecule has 1 N–H and O–H groups in total. The number of piperidine rings is 1. The van der Waals surface area contributed by atoms with E-state index >= 15 is 0 Å². The lowest BCUT2D eigenvalue weighted by Crippen LogP contribution is -2.41. The van der Waals surface area contributed by atoms with Gasteiger partial charge in [-0.15, -0.1) is 0 Å². The third-order valence-corrected chi connectivity index (χ3v) is 5.43. The summed E-state index contributed by atoms with van der Waals surface area (Å²) in [6, 6.07) is 0. The van der Waals surface area contributed by atoms with Crippen molar-refractivity contribution >= 4 is 5.91 Å². The highest BCUT2D eigenvalue weighted by atomic mass is 16.2. The van der Waals surface area contributed by atoms with Gasteiger partial charge in [0, 0.05) is 19.0 Å². The van der Waals surface area contributed by atoms with E-state index in [-0.39, 0.29) is 0 Å². The third-order valence-electron chi connectivity index (χ3n) is 5.43. The standard InChI is InChI=1S/C16H28N2O/c1-2-10-18(11-12-6-8-17-9-7-12)16(19)15-13-4-3-5-14(13)15/h12-15,17H,2-11H2,1H3. The predicted octanol–water partition coefficient (Wildman–Crippen LogP) is 2.27. The van der Waals surface area contributed by atoms with Crippen LogP contribution in [0.1, 0.15) is 45.4 Å². The molecular formula is C16H28N2O. The van der Waals surface area contributed by atoms with Crippen LogP contribution in [0.15, 0.2) is 0 Å². The number of carbonyl (C=O) groups excluding carboxylic acids is 1. The van der Waals surface area contributed by atoms with Crippen LogP contribution in [0.5, 0.6) is 0 Å². The fourth-order valence-electron chi connectivity index (χ4n) is 4.34. The van der Waals surface area contributed by atoms with E-state index in [0.29, 0.717) is 11.8 Å². The van der Waals surface area contributed by atoms with Crippen LogP contribution in [-0.4, -0.2) is 37.0 Å². The molecule has 0 bridgehead atoms. The summed E-state index contributed by atoms with van der Waals surface area (Å²) in [6.45, 7) is 6.44. The van der Waals surface area contributed by atoms with Gasteiger partial charge in [0.2, 0.25) is 5.91 Å². The van der Waals surface area contributed by atoms with Crippen molar-refractivity contribution in [3.63, 3.8) is 0 Å². The van der Waals surface area contributed by atoms with E-state index in [4.69, 9.17) is 0 Å². The smallest absolute Gasteiger partial charge is 0.226 e. The Morgan fingerprint density at radius 2 is 1.84 bits per heavy atom. The van der Waals surface area contributed by atoms with E-state index in [1.807, 2.05) is 0 Å². The molecule has 3 fully saturated rings. The maximum Gasteiger partial charge on any atom is 0.226 e. The highest BCUT2D eigenvalue weighted by Crippen LogP contribution is 2.58. The third kappa shape index (κ3) is 2.81. The Balaban J connectivity index is 1.55. The van der Waals surface area contributed by atoms with Gasteiger partial charge < -0.3 is 10.2 Å². The minimum atomic E-state index is 0.419. The fraction of sp³-hybridized carbons (Fsp3) is 0.938. The number of amides is 1. The molecule has 2 aliphatic carbocycles. The summed E-state index contributed by atoms with van der Waals surface area (Å²) in [5.74, 6) is 3.17. The first-order chi connectivity index (χ1) is 9.31. The Bertz CT molecular complexity index is 315. The Hall–Kier alpha value is -0.570. The summed E-state index contributed by atoms with van der Waals surface area (Å²) in [7, 11) is 0. The molecule has 1 amide bonds. The minimum Gasteiger partial charge on any atom is -0.342 e. The van der Waals surface area contributed by atoms with Crippen LogP contribution in [0, 0.1) is 23.7 Å². The van der Waals surface area contributed by atoms with Gasteiger partial charge in [0.25, 0.3) is 0 Å². The Morgan fingerprint density at radius 1 is 1.16 bits per heavy atom. The van der Waals surface area contributed by atoms with Gasteiger partial charge in [-0.25, -0.2) is 0 Å². The SMILES string of the molecule is CCCN(CC1CCNCC1)C(=O)C1C2CCCC21. The molecule has 108 valence electrons. The van der Waals surface area contributed by atoms with E-state index in [0.717, 1.165) is 50.4 Å². The maximum atomic E-state index is 12.7. The van der Waals surface area contributed by atoms with Crippen molar-refractivity contribution in [2.45, 2.75) is 45.4 Å². The van der Waals surface area contributed by atoms with Crippen LogP contribution >= 0.6 is 0 Å². The summed E-state index contributed by atoms with van der Waals surface area (Å²) in [5.41, 5.74) is 0. The van der Waals surface area contributed by atoms with Crippen LogP contribution in [0.25, 0.3) is 0 Å². The van der Waals surface area contributed by atoms with Crippen molar-refractivity contribution in [2.24, 2.45) is 23.7 Å². The molecule has 0 aromatic heterocycles. The monoisotopic (exact) mass is 264 g/mol. The molecule has 1 heterocycles. The molecule has 1 aliphatic heterocycles. The van der Waals surface area contributed by atoms with Gasteiger partial charge in [0.15, 0.2) is 0 Å². The van der Waals surface area contributed by atoms with Crippen LogP contribution in [0.3, 0.4) is 0 Å². The number of nitrogens with one attached hydrogen (secondary N) is 1. The normalized spacial score (nSPS) is 34.1. The van der Waals surface area contributed by atoms with Gasteiger partial charge in [0.05, 0.1) is 0 Å². The first-order valence-corrected chi connectivity index (χ1v) is 8.30. The van der Waals surface area contributed by atoms with Gasteiger partial charge in [-0.3, -0.25) is 4.79 Å². The van der Waals surface area contributed by atoms with Gasteiger partial charge in [-0.2, -0.15) is 0 Å². The molecule has 3 rings (SSSR count). The second-order valence-corrected chi connectivity index (χ2v) is 6.76. The zero-order valence-electron chi connectivity index (χ0n) is 12.2. The zero-order chi connectivity index (χ0) is 13.2. The van der Waals surface area contributed by atoms with Gasteiger partial charge in [-0.1, -0.05) is 13.3 Å². The molecule has 3 heteroatoms. The fourth-order valence-corrected chi connectivity index (χ4v) is 4.34. The Labute approximate surface area is 117 Å². The number of hydrogen-bond acceptors (Lipinski definition) is 2. The lowest BCUT2D eigenvalue weighted by Gasteiger charge is -2.30. The van der Waals surface area contributed by atoms with E-state index in [9.17, 15) is 4.79 Å². The maximum absolute atomic E-state index is 12.7. The summed E-state index contributed by atoms with van der Waals surface area (Å²) >= 11 is 0. The van der Waals surface area contributed by atoms with Crippen molar-refractivity contribution in [1.82, 2.24) is 10.2 Å². The summed E-state index contributed by atoms with van der Waals surface area (Å²) in [4.78, 5) is 14.9. The number of rotatable bonds is 5. The molecule has 3 aliphatic rings. The average Bonchev–Trinajstić information content (AvgIpc) is 2.91. The average molecular weight is 264 g/mol.